The standard InChI is InChI=1S/C13H25NO2/c1-5-10(2)14-7-6-11(8-12(15)16)9-13(14,3)4/h10-11H,5-9H2,1-4H3,(H,15,16). The quantitative estimate of drug-likeness (QED) is 0.803. The van der Waals surface area contributed by atoms with Gasteiger partial charge in [0.25, 0.3) is 0 Å². The van der Waals surface area contributed by atoms with Crippen molar-refractivity contribution in [1.29, 1.82) is 0 Å². The van der Waals surface area contributed by atoms with Gasteiger partial charge in [-0.05, 0) is 52.5 Å². The number of carbonyl (C=O) groups is 1. The maximum atomic E-state index is 10.7. The zero-order valence-corrected chi connectivity index (χ0v) is 11.0. The Bertz CT molecular complexity index is 250. The maximum absolute atomic E-state index is 10.7. The average molecular weight is 227 g/mol. The van der Waals surface area contributed by atoms with Gasteiger partial charge in [0, 0.05) is 18.0 Å². The van der Waals surface area contributed by atoms with E-state index in [4.69, 9.17) is 5.11 Å². The predicted molar refractivity (Wildman–Crippen MR) is 65.5 cm³/mol. The summed E-state index contributed by atoms with van der Waals surface area (Å²) in [5, 5.41) is 8.84. The molecule has 94 valence electrons. The van der Waals surface area contributed by atoms with Gasteiger partial charge in [-0.1, -0.05) is 6.92 Å². The summed E-state index contributed by atoms with van der Waals surface area (Å²) in [5.41, 5.74) is 0.147. The maximum Gasteiger partial charge on any atom is 0.303 e. The Balaban J connectivity index is 2.61. The molecule has 0 aromatic carbocycles. The van der Waals surface area contributed by atoms with Crippen LogP contribution in [0.25, 0.3) is 0 Å². The number of rotatable bonds is 4. The third kappa shape index (κ3) is 3.21. The Hall–Kier alpha value is -0.570. The van der Waals surface area contributed by atoms with Crippen LogP contribution in [0.1, 0.15) is 53.4 Å². The summed E-state index contributed by atoms with van der Waals surface area (Å²) >= 11 is 0. The predicted octanol–water partition coefficient (Wildman–Crippen LogP) is 2.75. The second-order valence-electron chi connectivity index (χ2n) is 5.72. The normalized spacial score (nSPS) is 27.6. The van der Waals surface area contributed by atoms with Crippen molar-refractivity contribution in [2.75, 3.05) is 6.54 Å². The fraction of sp³-hybridized carbons (Fsp3) is 0.923. The lowest BCUT2D eigenvalue weighted by molar-refractivity contribution is -0.139. The van der Waals surface area contributed by atoms with Gasteiger partial charge in [-0.25, -0.2) is 0 Å². The minimum atomic E-state index is -0.655. The van der Waals surface area contributed by atoms with E-state index >= 15 is 0 Å². The first-order valence-corrected chi connectivity index (χ1v) is 6.35. The van der Waals surface area contributed by atoms with Crippen molar-refractivity contribution in [3.63, 3.8) is 0 Å². The van der Waals surface area contributed by atoms with Crippen molar-refractivity contribution in [2.24, 2.45) is 5.92 Å². The number of piperidine rings is 1. The fourth-order valence-corrected chi connectivity index (χ4v) is 3.01. The van der Waals surface area contributed by atoms with Gasteiger partial charge >= 0.3 is 5.97 Å². The molecule has 0 spiro atoms. The minimum absolute atomic E-state index is 0.147. The molecule has 0 amide bonds. The van der Waals surface area contributed by atoms with Crippen LogP contribution in [0.4, 0.5) is 0 Å². The Morgan fingerprint density at radius 3 is 2.62 bits per heavy atom. The highest BCUT2D eigenvalue weighted by Gasteiger charge is 2.37. The number of carboxylic acid groups (broad SMARTS) is 1. The lowest BCUT2D eigenvalue weighted by atomic mass is 9.80. The number of carboxylic acids is 1. The smallest absolute Gasteiger partial charge is 0.303 e. The first-order chi connectivity index (χ1) is 7.36. The molecule has 16 heavy (non-hydrogen) atoms. The highest BCUT2D eigenvalue weighted by atomic mass is 16.4. The van der Waals surface area contributed by atoms with E-state index in [9.17, 15) is 4.79 Å². The van der Waals surface area contributed by atoms with Crippen LogP contribution in [0.2, 0.25) is 0 Å². The van der Waals surface area contributed by atoms with Crippen LogP contribution in [0.5, 0.6) is 0 Å². The third-order valence-corrected chi connectivity index (χ3v) is 3.93. The van der Waals surface area contributed by atoms with Crippen LogP contribution in [0, 0.1) is 5.92 Å². The summed E-state index contributed by atoms with van der Waals surface area (Å²) < 4.78 is 0. The molecule has 0 bridgehead atoms. The molecule has 0 saturated carbocycles. The van der Waals surface area contributed by atoms with E-state index in [-0.39, 0.29) is 5.54 Å². The van der Waals surface area contributed by atoms with E-state index in [1.54, 1.807) is 0 Å². The van der Waals surface area contributed by atoms with Crippen molar-refractivity contribution < 1.29 is 9.90 Å². The molecule has 1 N–H and O–H groups in total. The van der Waals surface area contributed by atoms with Crippen molar-refractivity contribution in [3.05, 3.63) is 0 Å². The van der Waals surface area contributed by atoms with Crippen molar-refractivity contribution in [2.45, 2.75) is 65.0 Å². The summed E-state index contributed by atoms with van der Waals surface area (Å²) in [5.74, 6) is -0.300. The molecule has 0 aliphatic carbocycles. The van der Waals surface area contributed by atoms with Crippen molar-refractivity contribution >= 4 is 5.97 Å². The highest BCUT2D eigenvalue weighted by Crippen LogP contribution is 2.35. The molecule has 1 rings (SSSR count). The summed E-state index contributed by atoms with van der Waals surface area (Å²) in [6.07, 6.45) is 3.52. The second kappa shape index (κ2) is 5.17. The van der Waals surface area contributed by atoms with E-state index in [2.05, 4.69) is 32.6 Å². The topological polar surface area (TPSA) is 40.5 Å². The minimum Gasteiger partial charge on any atom is -0.481 e. The van der Waals surface area contributed by atoms with Gasteiger partial charge in [0.1, 0.15) is 0 Å². The van der Waals surface area contributed by atoms with Gasteiger partial charge < -0.3 is 5.11 Å². The van der Waals surface area contributed by atoms with E-state index < -0.39 is 5.97 Å². The Morgan fingerprint density at radius 1 is 1.56 bits per heavy atom. The Morgan fingerprint density at radius 2 is 2.19 bits per heavy atom. The van der Waals surface area contributed by atoms with Gasteiger partial charge in [-0.3, -0.25) is 9.69 Å². The SMILES string of the molecule is CCC(C)N1CCC(CC(=O)O)CC1(C)C. The number of aliphatic carboxylic acids is 1. The van der Waals surface area contributed by atoms with Gasteiger partial charge in [-0.15, -0.1) is 0 Å². The summed E-state index contributed by atoms with van der Waals surface area (Å²) in [7, 11) is 0. The van der Waals surface area contributed by atoms with Gasteiger partial charge in [0.15, 0.2) is 0 Å². The number of nitrogens with zero attached hydrogens (tertiary/aromatic N) is 1. The van der Waals surface area contributed by atoms with Crippen LogP contribution in [0.15, 0.2) is 0 Å². The molecule has 1 saturated heterocycles. The Labute approximate surface area is 98.8 Å². The van der Waals surface area contributed by atoms with Crippen LogP contribution in [-0.4, -0.2) is 34.1 Å². The molecule has 3 heteroatoms. The third-order valence-electron chi connectivity index (χ3n) is 3.93. The molecule has 1 fully saturated rings. The molecule has 3 nitrogen and oxygen atoms in total. The molecule has 0 aromatic heterocycles. The summed E-state index contributed by atoms with van der Waals surface area (Å²) in [4.78, 5) is 13.3. The van der Waals surface area contributed by atoms with Gasteiger partial charge in [-0.2, -0.15) is 0 Å². The van der Waals surface area contributed by atoms with E-state index in [0.29, 0.717) is 18.4 Å². The first-order valence-electron chi connectivity index (χ1n) is 6.35. The van der Waals surface area contributed by atoms with Crippen LogP contribution in [0.3, 0.4) is 0 Å². The zero-order valence-electron chi connectivity index (χ0n) is 11.0. The van der Waals surface area contributed by atoms with E-state index in [1.165, 1.54) is 0 Å². The average Bonchev–Trinajstić information content (AvgIpc) is 2.14. The fourth-order valence-electron chi connectivity index (χ4n) is 3.01. The molecule has 2 unspecified atom stereocenters. The van der Waals surface area contributed by atoms with Crippen LogP contribution in [-0.2, 0) is 4.79 Å². The molecular weight excluding hydrogens is 202 g/mol. The molecule has 0 aromatic rings. The van der Waals surface area contributed by atoms with Gasteiger partial charge in [0.2, 0.25) is 0 Å². The molecule has 1 aliphatic rings. The zero-order chi connectivity index (χ0) is 12.3. The van der Waals surface area contributed by atoms with Crippen LogP contribution >= 0.6 is 0 Å². The number of hydrogen-bond donors (Lipinski definition) is 1. The number of hydrogen-bond acceptors (Lipinski definition) is 2. The number of likely N-dealkylation sites (tertiary alicyclic amines) is 1. The van der Waals surface area contributed by atoms with Gasteiger partial charge in [0.05, 0.1) is 0 Å². The molecule has 0 radical (unpaired) electrons. The second-order valence-corrected chi connectivity index (χ2v) is 5.72. The van der Waals surface area contributed by atoms with Crippen molar-refractivity contribution in [3.8, 4) is 0 Å². The monoisotopic (exact) mass is 227 g/mol. The summed E-state index contributed by atoms with van der Waals surface area (Å²) in [6, 6.07) is 0.598. The Kier molecular flexibility index (Phi) is 4.36. The van der Waals surface area contributed by atoms with E-state index in [1.807, 2.05) is 0 Å². The highest BCUT2D eigenvalue weighted by molar-refractivity contribution is 5.67. The molecule has 1 aliphatic heterocycles. The molecular formula is C13H25NO2. The largest absolute Gasteiger partial charge is 0.481 e. The lowest BCUT2D eigenvalue weighted by Crippen LogP contribution is -2.53. The molecule has 1 heterocycles. The van der Waals surface area contributed by atoms with Crippen molar-refractivity contribution in [1.82, 2.24) is 4.90 Å². The lowest BCUT2D eigenvalue weighted by Gasteiger charge is -2.48. The molecule has 2 atom stereocenters. The van der Waals surface area contributed by atoms with Crippen LogP contribution < -0.4 is 0 Å². The summed E-state index contributed by atoms with van der Waals surface area (Å²) in [6.45, 7) is 10.0. The van der Waals surface area contributed by atoms with E-state index in [0.717, 1.165) is 25.8 Å². The first kappa shape index (κ1) is 13.5.